The maximum Gasteiger partial charge on any atom is 0.252 e. The molecule has 198 valence electrons. The minimum Gasteiger partial charge on any atom is -0.348 e. The van der Waals surface area contributed by atoms with Gasteiger partial charge in [0.2, 0.25) is 11.9 Å². The average molecular weight is 511 g/mol. The average Bonchev–Trinajstić information content (AvgIpc) is 2.83. The Balaban J connectivity index is 1.38. The summed E-state index contributed by atoms with van der Waals surface area (Å²) in [6.07, 6.45) is 2.45. The van der Waals surface area contributed by atoms with E-state index in [-0.39, 0.29) is 36.0 Å². The van der Waals surface area contributed by atoms with Crippen molar-refractivity contribution in [2.75, 3.05) is 25.5 Å². The van der Waals surface area contributed by atoms with Crippen LogP contribution in [0.3, 0.4) is 0 Å². The van der Waals surface area contributed by atoms with E-state index in [1.807, 2.05) is 20.8 Å². The number of fused-ring (bicyclic) bond motifs is 1. The van der Waals surface area contributed by atoms with E-state index in [0.29, 0.717) is 30.5 Å². The van der Waals surface area contributed by atoms with Crippen molar-refractivity contribution in [2.24, 2.45) is 0 Å². The molecule has 0 bridgehead atoms. The quantitative estimate of drug-likeness (QED) is 0.473. The molecule has 3 heterocycles. The number of alkyl halides is 2. The Kier molecular flexibility index (Phi) is 6.79. The number of pyridine rings is 1. The van der Waals surface area contributed by atoms with Gasteiger partial charge in [-0.3, -0.25) is 14.3 Å². The highest BCUT2D eigenvalue weighted by Gasteiger charge is 2.48. The summed E-state index contributed by atoms with van der Waals surface area (Å²) in [5.41, 5.74) is 2.27. The van der Waals surface area contributed by atoms with E-state index in [9.17, 15) is 13.6 Å². The van der Waals surface area contributed by atoms with E-state index in [0.717, 1.165) is 29.6 Å². The zero-order valence-electron chi connectivity index (χ0n) is 22.0. The van der Waals surface area contributed by atoms with E-state index < -0.39 is 5.92 Å². The van der Waals surface area contributed by atoms with E-state index in [1.54, 1.807) is 22.9 Å². The van der Waals surface area contributed by atoms with Crippen LogP contribution in [0.5, 0.6) is 0 Å². The summed E-state index contributed by atoms with van der Waals surface area (Å²) in [6.45, 7) is 7.74. The number of hydrogen-bond donors (Lipinski definition) is 2. The third-order valence-electron chi connectivity index (χ3n) is 8.27. The van der Waals surface area contributed by atoms with Gasteiger partial charge in [-0.05, 0) is 57.9 Å². The SMILES string of the molecule is CC(C)n1c(=O)ccc2cnc(N[C@@H](C)c3ccc(C4(N(C)C5CNC5)CCC(F)(F)CC4)cc3)nc21. The molecular weight excluding hydrogens is 474 g/mol. The lowest BCUT2D eigenvalue weighted by atomic mass is 9.73. The molecule has 3 aromatic rings. The van der Waals surface area contributed by atoms with Crippen LogP contribution >= 0.6 is 0 Å². The zero-order valence-corrected chi connectivity index (χ0v) is 22.0. The third-order valence-corrected chi connectivity index (χ3v) is 8.27. The number of rotatable bonds is 7. The molecule has 1 aliphatic heterocycles. The predicted octanol–water partition coefficient (Wildman–Crippen LogP) is 4.85. The van der Waals surface area contributed by atoms with Crippen molar-refractivity contribution in [3.05, 3.63) is 64.1 Å². The standard InChI is InChI=1S/C28H36F2N6O/c1-18(2)36-24(37)10-7-21-15-32-26(34-25(21)36)33-19(3)20-5-8-22(9-6-20)27(35(4)23-16-31-17-23)11-13-28(29,30)14-12-27/h5-10,15,18-19,23,31H,11-14,16-17H2,1-4H3,(H,32,33,34)/t19-/m0/s1. The van der Waals surface area contributed by atoms with Gasteiger partial charge in [0.15, 0.2) is 0 Å². The van der Waals surface area contributed by atoms with Gasteiger partial charge in [-0.15, -0.1) is 0 Å². The van der Waals surface area contributed by atoms with Crippen molar-refractivity contribution in [1.82, 2.24) is 24.8 Å². The van der Waals surface area contributed by atoms with Crippen LogP contribution in [-0.4, -0.2) is 51.5 Å². The highest BCUT2D eigenvalue weighted by Crippen LogP contribution is 2.48. The van der Waals surface area contributed by atoms with Gasteiger partial charge in [-0.1, -0.05) is 24.3 Å². The van der Waals surface area contributed by atoms with Crippen molar-refractivity contribution < 1.29 is 8.78 Å². The van der Waals surface area contributed by atoms with Crippen LogP contribution in [0.2, 0.25) is 0 Å². The van der Waals surface area contributed by atoms with Gasteiger partial charge in [-0.2, -0.15) is 4.98 Å². The molecule has 37 heavy (non-hydrogen) atoms. The minimum absolute atomic E-state index is 0.0233. The van der Waals surface area contributed by atoms with Gasteiger partial charge >= 0.3 is 0 Å². The summed E-state index contributed by atoms with van der Waals surface area (Å²) in [7, 11) is 2.08. The Hall–Kier alpha value is -2.91. The molecule has 1 saturated heterocycles. The molecule has 2 fully saturated rings. The van der Waals surface area contributed by atoms with Crippen LogP contribution in [0.25, 0.3) is 11.0 Å². The summed E-state index contributed by atoms with van der Waals surface area (Å²) < 4.78 is 29.9. The first-order valence-electron chi connectivity index (χ1n) is 13.2. The largest absolute Gasteiger partial charge is 0.348 e. The number of benzene rings is 1. The van der Waals surface area contributed by atoms with Gasteiger partial charge in [0.1, 0.15) is 5.65 Å². The van der Waals surface area contributed by atoms with Crippen molar-refractivity contribution in [3.8, 4) is 0 Å². The monoisotopic (exact) mass is 510 g/mol. The molecule has 1 aromatic carbocycles. The lowest BCUT2D eigenvalue weighted by Gasteiger charge is -2.52. The molecule has 0 radical (unpaired) electrons. The molecule has 1 aliphatic carbocycles. The lowest BCUT2D eigenvalue weighted by Crippen LogP contribution is -2.63. The Morgan fingerprint density at radius 1 is 1.05 bits per heavy atom. The smallest absolute Gasteiger partial charge is 0.252 e. The van der Waals surface area contributed by atoms with E-state index in [2.05, 4.69) is 56.8 Å². The predicted molar refractivity (Wildman–Crippen MR) is 142 cm³/mol. The van der Waals surface area contributed by atoms with Gasteiger partial charge in [-0.25, -0.2) is 13.8 Å². The fourth-order valence-electron chi connectivity index (χ4n) is 5.74. The maximum absolute atomic E-state index is 14.1. The van der Waals surface area contributed by atoms with Crippen LogP contribution in [-0.2, 0) is 5.54 Å². The second-order valence-corrected chi connectivity index (χ2v) is 10.9. The third kappa shape index (κ3) is 4.86. The molecule has 9 heteroatoms. The Morgan fingerprint density at radius 3 is 2.32 bits per heavy atom. The summed E-state index contributed by atoms with van der Waals surface area (Å²) in [6, 6.07) is 11.9. The Morgan fingerprint density at radius 2 is 1.73 bits per heavy atom. The summed E-state index contributed by atoms with van der Waals surface area (Å²) >= 11 is 0. The number of hydrogen-bond acceptors (Lipinski definition) is 6. The van der Waals surface area contributed by atoms with Crippen LogP contribution in [0.1, 0.15) is 69.7 Å². The van der Waals surface area contributed by atoms with Gasteiger partial charge < -0.3 is 10.6 Å². The van der Waals surface area contributed by atoms with Crippen molar-refractivity contribution in [1.29, 1.82) is 0 Å². The molecular formula is C28H36F2N6O. The van der Waals surface area contributed by atoms with Gasteiger partial charge in [0.25, 0.3) is 5.56 Å². The second-order valence-electron chi connectivity index (χ2n) is 10.9. The Bertz CT molecular complexity index is 1310. The maximum atomic E-state index is 14.1. The van der Waals surface area contributed by atoms with Crippen LogP contribution in [0, 0.1) is 0 Å². The van der Waals surface area contributed by atoms with Crippen LogP contribution < -0.4 is 16.2 Å². The zero-order chi connectivity index (χ0) is 26.4. The van der Waals surface area contributed by atoms with Gasteiger partial charge in [0.05, 0.1) is 6.04 Å². The first-order chi connectivity index (χ1) is 17.6. The normalized spacial score (nSPS) is 20.2. The number of halogens is 2. The molecule has 7 nitrogen and oxygen atoms in total. The number of likely N-dealkylation sites (N-methyl/N-ethyl adjacent to an activating group) is 1. The molecule has 1 atom stereocenters. The van der Waals surface area contributed by atoms with Crippen molar-refractivity contribution >= 4 is 17.0 Å². The second kappa shape index (κ2) is 9.76. The first kappa shape index (κ1) is 25.7. The summed E-state index contributed by atoms with van der Waals surface area (Å²) in [5.74, 6) is -2.13. The molecule has 0 unspecified atom stereocenters. The minimum atomic E-state index is -2.58. The lowest BCUT2D eigenvalue weighted by molar-refractivity contribution is -0.0917. The summed E-state index contributed by atoms with van der Waals surface area (Å²) in [4.78, 5) is 23.8. The fraction of sp³-hybridized carbons (Fsp3) is 0.536. The van der Waals surface area contributed by atoms with Crippen LogP contribution in [0.15, 0.2) is 47.4 Å². The number of anilines is 1. The number of nitrogens with zero attached hydrogens (tertiary/aromatic N) is 4. The van der Waals surface area contributed by atoms with Crippen molar-refractivity contribution in [2.45, 2.75) is 76.0 Å². The Labute approximate surface area is 216 Å². The topological polar surface area (TPSA) is 75.1 Å². The number of aromatic nitrogens is 3. The van der Waals surface area contributed by atoms with Gasteiger partial charge in [0, 0.05) is 61.2 Å². The number of nitrogens with one attached hydrogen (secondary N) is 2. The van der Waals surface area contributed by atoms with E-state index >= 15 is 0 Å². The molecule has 2 N–H and O–H groups in total. The first-order valence-corrected chi connectivity index (χ1v) is 13.2. The highest BCUT2D eigenvalue weighted by molar-refractivity contribution is 5.75. The fourth-order valence-corrected chi connectivity index (χ4v) is 5.74. The van der Waals surface area contributed by atoms with E-state index in [4.69, 9.17) is 0 Å². The van der Waals surface area contributed by atoms with Crippen LogP contribution in [0.4, 0.5) is 14.7 Å². The summed E-state index contributed by atoms with van der Waals surface area (Å²) in [5, 5.41) is 7.48. The van der Waals surface area contributed by atoms with E-state index in [1.165, 1.54) is 0 Å². The van der Waals surface area contributed by atoms with Crippen molar-refractivity contribution in [3.63, 3.8) is 0 Å². The molecule has 2 aromatic heterocycles. The highest BCUT2D eigenvalue weighted by atomic mass is 19.3. The molecule has 0 spiro atoms. The molecule has 5 rings (SSSR count). The molecule has 2 aliphatic rings. The molecule has 1 saturated carbocycles. The molecule has 0 amide bonds.